The first kappa shape index (κ1) is 21.3. The van der Waals surface area contributed by atoms with Gasteiger partial charge in [-0.1, -0.05) is 74.9 Å². The highest BCUT2D eigenvalue weighted by Crippen LogP contribution is 2.29. The maximum absolute atomic E-state index is 5.97. The number of aryl methyl sites for hydroxylation is 1. The second-order valence-corrected chi connectivity index (χ2v) is 7.21. The smallest absolute Gasteiger partial charge is 0.161 e. The lowest BCUT2D eigenvalue weighted by Crippen LogP contribution is -2.14. The van der Waals surface area contributed by atoms with Gasteiger partial charge in [-0.25, -0.2) is 0 Å². The highest BCUT2D eigenvalue weighted by molar-refractivity contribution is 5.43. The van der Waals surface area contributed by atoms with Crippen molar-refractivity contribution in [2.24, 2.45) is 0 Å². The lowest BCUT2D eigenvalue weighted by Gasteiger charge is -2.13. The minimum absolute atomic E-state index is 0.549. The number of methoxy groups -OCH3 is 1. The third-order valence-corrected chi connectivity index (χ3v) is 4.74. The molecule has 0 saturated heterocycles. The quantitative estimate of drug-likeness (QED) is 0.437. The Morgan fingerprint density at radius 1 is 0.852 bits per heavy atom. The molecule has 2 aromatic carbocycles. The predicted molar refractivity (Wildman–Crippen MR) is 114 cm³/mol. The Balaban J connectivity index is 1.76. The molecule has 0 bridgehead atoms. The molecule has 3 nitrogen and oxygen atoms in total. The van der Waals surface area contributed by atoms with Crippen molar-refractivity contribution < 1.29 is 9.47 Å². The third kappa shape index (κ3) is 8.04. The van der Waals surface area contributed by atoms with E-state index in [9.17, 15) is 0 Å². The minimum atomic E-state index is 0.549. The van der Waals surface area contributed by atoms with E-state index < -0.39 is 0 Å². The average Bonchev–Trinajstić information content (AvgIpc) is 2.69. The molecule has 0 heterocycles. The highest BCUT2D eigenvalue weighted by Gasteiger charge is 2.06. The van der Waals surface area contributed by atoms with E-state index in [-0.39, 0.29) is 0 Å². The zero-order valence-corrected chi connectivity index (χ0v) is 17.2. The molecule has 0 aliphatic carbocycles. The van der Waals surface area contributed by atoms with Gasteiger partial charge < -0.3 is 14.8 Å². The number of nitrogens with one attached hydrogen (secondary N) is 1. The van der Waals surface area contributed by atoms with Crippen LogP contribution in [0.3, 0.4) is 0 Å². The topological polar surface area (TPSA) is 30.5 Å². The van der Waals surface area contributed by atoms with Gasteiger partial charge in [0.05, 0.1) is 7.11 Å². The van der Waals surface area contributed by atoms with Crippen LogP contribution in [0.5, 0.6) is 11.5 Å². The van der Waals surface area contributed by atoms with E-state index >= 15 is 0 Å². The summed E-state index contributed by atoms with van der Waals surface area (Å²) in [6.07, 6.45) is 7.98. The Hall–Kier alpha value is -2.00. The van der Waals surface area contributed by atoms with Crippen LogP contribution in [0.25, 0.3) is 0 Å². The monoisotopic (exact) mass is 369 g/mol. The van der Waals surface area contributed by atoms with E-state index in [0.29, 0.717) is 6.61 Å². The van der Waals surface area contributed by atoms with Gasteiger partial charge in [-0.05, 0) is 43.1 Å². The van der Waals surface area contributed by atoms with Crippen LogP contribution in [0.15, 0.2) is 42.5 Å². The van der Waals surface area contributed by atoms with E-state index in [1.54, 1.807) is 7.11 Å². The molecule has 0 aliphatic rings. The van der Waals surface area contributed by atoms with E-state index in [0.717, 1.165) is 24.6 Å². The zero-order chi connectivity index (χ0) is 19.3. The summed E-state index contributed by atoms with van der Waals surface area (Å²) in [5.74, 6) is 1.58. The summed E-state index contributed by atoms with van der Waals surface area (Å²) < 4.78 is 11.5. The van der Waals surface area contributed by atoms with Crippen LogP contribution in [0, 0.1) is 6.92 Å². The Bertz CT molecular complexity index is 669. The molecule has 1 N–H and O–H groups in total. The van der Waals surface area contributed by atoms with Crippen LogP contribution in [-0.2, 0) is 13.2 Å². The molecule has 0 aromatic heterocycles. The molecule has 148 valence electrons. The summed E-state index contributed by atoms with van der Waals surface area (Å²) in [4.78, 5) is 0. The van der Waals surface area contributed by atoms with Gasteiger partial charge in [0, 0.05) is 6.54 Å². The lowest BCUT2D eigenvalue weighted by molar-refractivity contribution is 0.284. The SMILES string of the molecule is CCCCCCCCNCc1ccc(OCc2cccc(C)c2)c(OC)c1. The van der Waals surface area contributed by atoms with E-state index in [2.05, 4.69) is 55.6 Å². The molecule has 0 amide bonds. The zero-order valence-electron chi connectivity index (χ0n) is 17.2. The number of hydrogen-bond donors (Lipinski definition) is 1. The summed E-state index contributed by atoms with van der Waals surface area (Å²) in [6, 6.07) is 14.6. The third-order valence-electron chi connectivity index (χ3n) is 4.74. The number of unbranched alkanes of at least 4 members (excludes halogenated alkanes) is 5. The van der Waals surface area contributed by atoms with E-state index in [1.807, 2.05) is 6.07 Å². The molecule has 0 fully saturated rings. The van der Waals surface area contributed by atoms with Gasteiger partial charge in [-0.2, -0.15) is 0 Å². The van der Waals surface area contributed by atoms with Crippen LogP contribution in [0.4, 0.5) is 0 Å². The van der Waals surface area contributed by atoms with Gasteiger partial charge in [0.1, 0.15) is 6.61 Å². The maximum Gasteiger partial charge on any atom is 0.161 e. The standard InChI is InChI=1S/C24H35NO2/c1-4-5-6-7-8-9-15-25-18-21-13-14-23(24(17-21)26-3)27-19-22-12-10-11-20(2)16-22/h10-14,16-17,25H,4-9,15,18-19H2,1-3H3. The number of benzene rings is 2. The lowest BCUT2D eigenvalue weighted by atomic mass is 10.1. The molecule has 0 unspecified atom stereocenters. The second-order valence-electron chi connectivity index (χ2n) is 7.21. The van der Waals surface area contributed by atoms with Crippen LogP contribution >= 0.6 is 0 Å². The maximum atomic E-state index is 5.97. The van der Waals surface area contributed by atoms with Gasteiger partial charge in [-0.15, -0.1) is 0 Å². The summed E-state index contributed by atoms with van der Waals surface area (Å²) in [6.45, 7) is 6.84. The van der Waals surface area contributed by atoms with Crippen LogP contribution in [0.1, 0.15) is 62.1 Å². The second kappa shape index (κ2) is 12.4. The average molecular weight is 370 g/mol. The van der Waals surface area contributed by atoms with Crippen molar-refractivity contribution in [3.05, 3.63) is 59.2 Å². The van der Waals surface area contributed by atoms with Crippen molar-refractivity contribution in [1.29, 1.82) is 0 Å². The first-order chi connectivity index (χ1) is 13.2. The summed E-state index contributed by atoms with van der Waals surface area (Å²) in [5, 5.41) is 3.53. The molecular weight excluding hydrogens is 334 g/mol. The summed E-state index contributed by atoms with van der Waals surface area (Å²) in [5.41, 5.74) is 3.64. The van der Waals surface area contributed by atoms with Crippen LogP contribution in [-0.4, -0.2) is 13.7 Å². The van der Waals surface area contributed by atoms with Crippen LogP contribution in [0.2, 0.25) is 0 Å². The van der Waals surface area contributed by atoms with Gasteiger partial charge in [0.2, 0.25) is 0 Å². The molecule has 0 spiro atoms. The minimum Gasteiger partial charge on any atom is -0.493 e. The predicted octanol–water partition coefficient (Wildman–Crippen LogP) is 6.03. The first-order valence-corrected chi connectivity index (χ1v) is 10.3. The molecule has 2 rings (SSSR count). The number of ether oxygens (including phenoxy) is 2. The fourth-order valence-electron chi connectivity index (χ4n) is 3.17. The molecule has 0 saturated carbocycles. The Morgan fingerprint density at radius 3 is 2.44 bits per heavy atom. The summed E-state index contributed by atoms with van der Waals surface area (Å²) in [7, 11) is 1.70. The highest BCUT2D eigenvalue weighted by atomic mass is 16.5. The van der Waals surface area contributed by atoms with Gasteiger partial charge in [0.15, 0.2) is 11.5 Å². The molecule has 0 atom stereocenters. The molecule has 2 aromatic rings. The largest absolute Gasteiger partial charge is 0.493 e. The van der Waals surface area contributed by atoms with Crippen molar-refractivity contribution in [1.82, 2.24) is 5.32 Å². The normalized spacial score (nSPS) is 10.8. The molecule has 0 radical (unpaired) electrons. The first-order valence-electron chi connectivity index (χ1n) is 10.3. The van der Waals surface area contributed by atoms with Crippen molar-refractivity contribution in [2.75, 3.05) is 13.7 Å². The van der Waals surface area contributed by atoms with Gasteiger partial charge >= 0.3 is 0 Å². The van der Waals surface area contributed by atoms with Gasteiger partial charge in [0.25, 0.3) is 0 Å². The van der Waals surface area contributed by atoms with Crippen molar-refractivity contribution in [3.63, 3.8) is 0 Å². The van der Waals surface area contributed by atoms with Crippen molar-refractivity contribution >= 4 is 0 Å². The Kier molecular flexibility index (Phi) is 9.78. The van der Waals surface area contributed by atoms with Crippen LogP contribution < -0.4 is 14.8 Å². The Labute approximate surface area is 165 Å². The Morgan fingerprint density at radius 2 is 1.67 bits per heavy atom. The fraction of sp³-hybridized carbons (Fsp3) is 0.500. The number of rotatable bonds is 13. The number of hydrogen-bond acceptors (Lipinski definition) is 3. The molecule has 27 heavy (non-hydrogen) atoms. The van der Waals surface area contributed by atoms with Gasteiger partial charge in [-0.3, -0.25) is 0 Å². The molecular formula is C24H35NO2. The van der Waals surface area contributed by atoms with Crippen molar-refractivity contribution in [2.45, 2.75) is 65.5 Å². The van der Waals surface area contributed by atoms with E-state index in [1.165, 1.54) is 55.2 Å². The summed E-state index contributed by atoms with van der Waals surface area (Å²) >= 11 is 0. The fourth-order valence-corrected chi connectivity index (χ4v) is 3.17. The van der Waals surface area contributed by atoms with Crippen molar-refractivity contribution in [3.8, 4) is 11.5 Å². The van der Waals surface area contributed by atoms with E-state index in [4.69, 9.17) is 9.47 Å². The molecule has 0 aliphatic heterocycles. The molecule has 3 heteroatoms.